The molecule has 0 radical (unpaired) electrons. The van der Waals surface area contributed by atoms with Crippen molar-refractivity contribution in [3.05, 3.63) is 114 Å². The SMILES string of the molecule is COc1ccc(Cn2nnc(-c3c(N4CCC(N)(CN)CC4)ccc(S(=O)(=O)NC[C@@H](CNC(=O)OC(C)(C)C)O[Si](C)(C)C(C)(C)C)c3S(=O)(=O)N(Cc3ccccc3)Cc3ccccc3)n2)cc1. The van der Waals surface area contributed by atoms with Gasteiger partial charge in [0.15, 0.2) is 8.32 Å². The molecule has 0 spiro atoms. The van der Waals surface area contributed by atoms with Crippen LogP contribution in [0, 0.1) is 0 Å². The lowest BCUT2D eigenvalue weighted by Gasteiger charge is -2.40. The number of rotatable bonds is 20. The Labute approximate surface area is 414 Å². The number of nitrogens with zero attached hydrogens (tertiary/aromatic N) is 6. The number of anilines is 1. The lowest BCUT2D eigenvalue weighted by Crippen LogP contribution is -2.55. The van der Waals surface area contributed by atoms with Crippen molar-refractivity contribution in [2.24, 2.45) is 11.5 Å². The Balaban J connectivity index is 1.55. The number of nitrogens with one attached hydrogen (secondary N) is 2. The van der Waals surface area contributed by atoms with Crippen LogP contribution >= 0.6 is 0 Å². The first-order valence-electron chi connectivity index (χ1n) is 23.4. The molecule has 1 fully saturated rings. The van der Waals surface area contributed by atoms with Crippen LogP contribution in [0.3, 0.4) is 0 Å². The fraction of sp³-hybridized carbons (Fsp3) is 0.469. The number of hydrogen-bond acceptors (Lipinski definition) is 14. The van der Waals surface area contributed by atoms with Crippen molar-refractivity contribution in [3.8, 4) is 17.1 Å². The van der Waals surface area contributed by atoms with Gasteiger partial charge in [0.2, 0.25) is 25.9 Å². The molecule has 1 aliphatic heterocycles. The summed E-state index contributed by atoms with van der Waals surface area (Å²) in [6.07, 6.45) is -0.633. The third-order valence-corrected chi connectivity index (χ3v) is 20.7. The number of aromatic nitrogens is 4. The topological polar surface area (TPSA) is 239 Å². The summed E-state index contributed by atoms with van der Waals surface area (Å²) >= 11 is 0. The smallest absolute Gasteiger partial charge is 0.407 e. The van der Waals surface area contributed by atoms with E-state index in [0.717, 1.165) is 5.56 Å². The minimum absolute atomic E-state index is 0.0482. The van der Waals surface area contributed by atoms with Crippen molar-refractivity contribution < 1.29 is 35.5 Å². The number of sulfonamides is 2. The van der Waals surface area contributed by atoms with Crippen molar-refractivity contribution in [1.82, 2.24) is 34.6 Å². The summed E-state index contributed by atoms with van der Waals surface area (Å²) in [6, 6.07) is 28.4. The van der Waals surface area contributed by atoms with Crippen LogP contribution in [0.4, 0.5) is 10.5 Å². The second kappa shape index (κ2) is 22.0. The highest BCUT2D eigenvalue weighted by Crippen LogP contribution is 2.43. The molecule has 6 rings (SSSR count). The van der Waals surface area contributed by atoms with Gasteiger partial charge in [-0.05, 0) is 97.9 Å². The molecule has 380 valence electrons. The van der Waals surface area contributed by atoms with Crippen LogP contribution in [-0.4, -0.2) is 113 Å². The van der Waals surface area contributed by atoms with E-state index in [2.05, 4.69) is 20.4 Å². The summed E-state index contributed by atoms with van der Waals surface area (Å²) in [6.45, 7) is 15.9. The summed E-state index contributed by atoms with van der Waals surface area (Å²) < 4.78 is 84.2. The van der Waals surface area contributed by atoms with Gasteiger partial charge in [-0.3, -0.25) is 0 Å². The number of piperidine rings is 1. The number of carbonyl (C=O) groups is 1. The lowest BCUT2D eigenvalue weighted by molar-refractivity contribution is 0.0498. The average Bonchev–Trinajstić information content (AvgIpc) is 3.77. The Morgan fingerprint density at radius 3 is 1.96 bits per heavy atom. The molecule has 0 unspecified atom stereocenters. The normalized spacial score (nSPS) is 15.2. The molecule has 0 aliphatic carbocycles. The number of hydrogen-bond donors (Lipinski definition) is 4. The quantitative estimate of drug-likeness (QED) is 0.0632. The molecule has 70 heavy (non-hydrogen) atoms. The van der Waals surface area contributed by atoms with Gasteiger partial charge in [0.1, 0.15) is 21.1 Å². The van der Waals surface area contributed by atoms with E-state index in [-0.39, 0.29) is 55.7 Å². The molecule has 4 aromatic carbocycles. The fourth-order valence-corrected chi connectivity index (χ4v) is 12.5. The van der Waals surface area contributed by atoms with E-state index in [1.165, 1.54) is 15.2 Å². The van der Waals surface area contributed by atoms with E-state index in [0.29, 0.717) is 48.5 Å². The van der Waals surface area contributed by atoms with Crippen LogP contribution in [0.1, 0.15) is 71.1 Å². The fourth-order valence-electron chi connectivity index (χ4n) is 7.67. The van der Waals surface area contributed by atoms with Crippen molar-refractivity contribution in [3.63, 3.8) is 0 Å². The predicted molar refractivity (Wildman–Crippen MR) is 274 cm³/mol. The van der Waals surface area contributed by atoms with Crippen molar-refractivity contribution in [2.45, 2.75) is 119 Å². The maximum Gasteiger partial charge on any atom is 0.407 e. The number of alkyl carbamates (subject to hydrolysis) is 1. The highest BCUT2D eigenvalue weighted by Gasteiger charge is 2.42. The number of ether oxygens (including phenoxy) is 2. The first-order valence-corrected chi connectivity index (χ1v) is 29.2. The maximum absolute atomic E-state index is 16.1. The second-order valence-electron chi connectivity index (χ2n) is 20.3. The standard InChI is InChI=1S/C49H70N10O8S2Si/c1-47(2,3)66-46(60)52-30-40(67-70(8,9)48(4,5)6)31-53-68(61,62)42-25-24-41(57-28-26-49(51,35-50)27-29-57)43(45-54-56-59(55-45)34-38-20-22-39(65-7)23-21-38)44(42)69(63,64)58(32-36-16-12-10-13-17-36)33-37-18-14-11-15-19-37/h10-25,40,53H,26-35,50-51H2,1-9H3,(H,52,60)/t40-/m1/s1. The van der Waals surface area contributed by atoms with E-state index >= 15 is 16.8 Å². The highest BCUT2D eigenvalue weighted by atomic mass is 32.2. The van der Waals surface area contributed by atoms with E-state index < -0.39 is 61.5 Å². The minimum Gasteiger partial charge on any atom is -0.497 e. The molecule has 1 aromatic heterocycles. The molecule has 6 N–H and O–H groups in total. The molecule has 1 amide bonds. The number of amides is 1. The lowest BCUT2D eigenvalue weighted by atomic mass is 9.88. The average molecular weight is 1020 g/mol. The Hall–Kier alpha value is -5.26. The van der Waals surface area contributed by atoms with Gasteiger partial charge >= 0.3 is 6.09 Å². The van der Waals surface area contributed by atoms with Crippen molar-refractivity contribution in [1.29, 1.82) is 0 Å². The van der Waals surface area contributed by atoms with Gasteiger partial charge in [-0.15, -0.1) is 10.2 Å². The molecule has 0 saturated carbocycles. The highest BCUT2D eigenvalue weighted by molar-refractivity contribution is 7.92. The zero-order valence-electron chi connectivity index (χ0n) is 41.8. The molecule has 1 saturated heterocycles. The number of carbonyl (C=O) groups excluding carboxylic acids is 1. The molecular weight excluding hydrogens is 949 g/mol. The molecule has 2 heterocycles. The molecule has 18 nitrogen and oxygen atoms in total. The molecule has 5 aromatic rings. The third kappa shape index (κ3) is 13.8. The molecular formula is C49H70N10O8S2Si. The van der Waals surface area contributed by atoms with Crippen molar-refractivity contribution >= 4 is 40.1 Å². The minimum atomic E-state index is -4.85. The molecule has 1 atom stereocenters. The van der Waals surface area contributed by atoms with E-state index in [4.69, 9.17) is 30.5 Å². The Morgan fingerprint density at radius 2 is 1.43 bits per heavy atom. The predicted octanol–water partition coefficient (Wildman–Crippen LogP) is 6.24. The number of tetrazole rings is 1. The van der Waals surface area contributed by atoms with Crippen LogP contribution < -0.4 is 31.1 Å². The van der Waals surface area contributed by atoms with Gasteiger partial charge < -0.3 is 35.6 Å². The largest absolute Gasteiger partial charge is 0.497 e. The summed E-state index contributed by atoms with van der Waals surface area (Å²) in [5.41, 5.74) is 13.8. The first kappa shape index (κ1) is 54.1. The Kier molecular flexibility index (Phi) is 17.0. The van der Waals surface area contributed by atoms with Crippen molar-refractivity contribution in [2.75, 3.05) is 44.7 Å². The zero-order valence-corrected chi connectivity index (χ0v) is 44.4. The van der Waals surface area contributed by atoms with Gasteiger partial charge in [-0.25, -0.2) is 26.4 Å². The van der Waals surface area contributed by atoms with Gasteiger partial charge in [-0.1, -0.05) is 93.6 Å². The number of nitrogens with two attached hydrogens (primary N) is 2. The number of benzene rings is 4. The summed E-state index contributed by atoms with van der Waals surface area (Å²) in [5, 5.41) is 16.1. The van der Waals surface area contributed by atoms with E-state index in [9.17, 15) is 4.79 Å². The van der Waals surface area contributed by atoms with E-state index in [1.807, 2.05) is 112 Å². The summed E-state index contributed by atoms with van der Waals surface area (Å²) in [5.74, 6) is 0.551. The zero-order chi connectivity index (χ0) is 51.1. The second-order valence-corrected chi connectivity index (χ2v) is 28.7. The Morgan fingerprint density at radius 1 is 0.843 bits per heavy atom. The van der Waals surface area contributed by atoms with Crippen LogP contribution in [0.25, 0.3) is 11.4 Å². The van der Waals surface area contributed by atoms with Crippen LogP contribution in [-0.2, 0) is 48.8 Å². The molecule has 0 bridgehead atoms. The third-order valence-electron chi connectivity index (χ3n) is 12.7. The van der Waals surface area contributed by atoms with Crippen LogP contribution in [0.2, 0.25) is 18.1 Å². The maximum atomic E-state index is 16.1. The summed E-state index contributed by atoms with van der Waals surface area (Å²) in [4.78, 5) is 15.1. The number of methoxy groups -OCH3 is 1. The van der Waals surface area contributed by atoms with Gasteiger partial charge in [-0.2, -0.15) is 9.10 Å². The molecule has 1 aliphatic rings. The van der Waals surface area contributed by atoms with Gasteiger partial charge in [0.25, 0.3) is 0 Å². The van der Waals surface area contributed by atoms with Gasteiger partial charge in [0.05, 0.1) is 25.3 Å². The molecule has 21 heteroatoms. The monoisotopic (exact) mass is 1020 g/mol. The first-order chi connectivity index (χ1) is 32.8. The Bertz CT molecular complexity index is 2720. The van der Waals surface area contributed by atoms with E-state index in [1.54, 1.807) is 46.1 Å². The van der Waals surface area contributed by atoms with Gasteiger partial charge in [0, 0.05) is 57.0 Å². The van der Waals surface area contributed by atoms with Crippen LogP contribution in [0.5, 0.6) is 5.75 Å². The van der Waals surface area contributed by atoms with Crippen LogP contribution in [0.15, 0.2) is 107 Å². The summed E-state index contributed by atoms with van der Waals surface area (Å²) in [7, 11) is -10.6.